The molecule has 0 spiro atoms. The van der Waals surface area contributed by atoms with E-state index in [1.807, 2.05) is 0 Å². The molecule has 0 fully saturated rings. The predicted molar refractivity (Wildman–Crippen MR) is 72.1 cm³/mol. The first-order valence-corrected chi connectivity index (χ1v) is 7.23. The van der Waals surface area contributed by atoms with E-state index in [0.717, 1.165) is 0 Å². The van der Waals surface area contributed by atoms with Gasteiger partial charge >= 0.3 is 0 Å². The molecule has 0 atom stereocenters. The number of nitrogens with two attached hydrogens (primary N) is 2. The third kappa shape index (κ3) is 3.21. The van der Waals surface area contributed by atoms with Crippen LogP contribution in [-0.2, 0) is 14.8 Å². The van der Waals surface area contributed by atoms with Crippen molar-refractivity contribution in [1.82, 2.24) is 4.72 Å². The van der Waals surface area contributed by atoms with Crippen LogP contribution in [0.15, 0.2) is 27.6 Å². The Bertz CT molecular complexity index is 584. The van der Waals surface area contributed by atoms with Crippen molar-refractivity contribution in [3.05, 3.63) is 22.7 Å². The summed E-state index contributed by atoms with van der Waals surface area (Å²) in [6, 6.07) is 4.37. The molecule has 0 aromatic heterocycles. The normalized spacial score (nSPS) is 12.4. The lowest BCUT2D eigenvalue weighted by Crippen LogP contribution is -2.52. The van der Waals surface area contributed by atoms with Crippen LogP contribution in [0.25, 0.3) is 0 Å². The Kier molecular flexibility index (Phi) is 4.04. The van der Waals surface area contributed by atoms with Crippen LogP contribution >= 0.6 is 15.9 Å². The molecule has 0 aliphatic heterocycles. The Morgan fingerprint density at radius 2 is 1.94 bits per heavy atom. The SMILES string of the molecule is CC(C)(NS(=O)(=O)c1cc(N)ccc1Br)C(N)=O. The van der Waals surface area contributed by atoms with Gasteiger partial charge in [-0.2, -0.15) is 4.72 Å². The van der Waals surface area contributed by atoms with Crippen molar-refractivity contribution < 1.29 is 13.2 Å². The molecular formula is C10H14BrN3O3S. The standard InChI is InChI=1S/C10H14BrN3O3S/c1-10(2,9(13)15)14-18(16,17)8-5-6(12)3-4-7(8)11/h3-5,14H,12H2,1-2H3,(H2,13,15). The smallest absolute Gasteiger partial charge is 0.242 e. The molecule has 0 saturated heterocycles. The van der Waals surface area contributed by atoms with Crippen molar-refractivity contribution >= 4 is 37.5 Å². The van der Waals surface area contributed by atoms with E-state index in [-0.39, 0.29) is 4.90 Å². The highest BCUT2D eigenvalue weighted by Gasteiger charge is 2.32. The van der Waals surface area contributed by atoms with Gasteiger partial charge in [-0.3, -0.25) is 4.79 Å². The van der Waals surface area contributed by atoms with Crippen LogP contribution in [0.2, 0.25) is 0 Å². The summed E-state index contributed by atoms with van der Waals surface area (Å²) in [6.45, 7) is 2.76. The number of primary amides is 1. The first-order valence-electron chi connectivity index (χ1n) is 4.95. The van der Waals surface area contributed by atoms with Gasteiger partial charge in [-0.15, -0.1) is 0 Å². The van der Waals surface area contributed by atoms with Crippen LogP contribution in [0, 0.1) is 0 Å². The van der Waals surface area contributed by atoms with E-state index in [1.54, 1.807) is 6.07 Å². The summed E-state index contributed by atoms with van der Waals surface area (Å²) in [5.74, 6) is -0.772. The second-order valence-corrected chi connectivity index (χ2v) is 6.79. The molecule has 5 N–H and O–H groups in total. The van der Waals surface area contributed by atoms with Gasteiger partial charge in [0.15, 0.2) is 0 Å². The summed E-state index contributed by atoms with van der Waals surface area (Å²) in [5.41, 5.74) is 9.58. The minimum absolute atomic E-state index is 0.0446. The van der Waals surface area contributed by atoms with Crippen LogP contribution in [0.4, 0.5) is 5.69 Å². The van der Waals surface area contributed by atoms with E-state index < -0.39 is 21.5 Å². The highest BCUT2D eigenvalue weighted by Crippen LogP contribution is 2.25. The van der Waals surface area contributed by atoms with Crippen molar-refractivity contribution in [1.29, 1.82) is 0 Å². The average Bonchev–Trinajstić information content (AvgIpc) is 2.19. The van der Waals surface area contributed by atoms with Crippen LogP contribution < -0.4 is 16.2 Å². The van der Waals surface area contributed by atoms with Crippen molar-refractivity contribution in [2.75, 3.05) is 5.73 Å². The number of benzene rings is 1. The van der Waals surface area contributed by atoms with E-state index >= 15 is 0 Å². The first kappa shape index (κ1) is 14.9. The van der Waals surface area contributed by atoms with Crippen molar-refractivity contribution in [3.63, 3.8) is 0 Å². The third-order valence-electron chi connectivity index (χ3n) is 2.25. The monoisotopic (exact) mass is 335 g/mol. The topological polar surface area (TPSA) is 115 Å². The van der Waals surface area contributed by atoms with Gasteiger partial charge in [0.1, 0.15) is 5.54 Å². The fourth-order valence-corrected chi connectivity index (χ4v) is 3.55. The molecule has 0 bridgehead atoms. The molecule has 0 aliphatic carbocycles. The van der Waals surface area contributed by atoms with Crippen molar-refractivity contribution in [2.45, 2.75) is 24.3 Å². The fourth-order valence-electron chi connectivity index (χ4n) is 1.17. The highest BCUT2D eigenvalue weighted by atomic mass is 79.9. The molecule has 6 nitrogen and oxygen atoms in total. The summed E-state index contributed by atoms with van der Waals surface area (Å²) in [5, 5.41) is 0. The van der Waals surface area contributed by atoms with Gasteiger partial charge in [0.25, 0.3) is 0 Å². The molecular weight excluding hydrogens is 322 g/mol. The van der Waals surface area contributed by atoms with Gasteiger partial charge in [0, 0.05) is 10.2 Å². The second-order valence-electron chi connectivity index (χ2n) is 4.28. The van der Waals surface area contributed by atoms with Gasteiger partial charge in [0.05, 0.1) is 4.90 Å². The van der Waals surface area contributed by atoms with Crippen LogP contribution in [0.3, 0.4) is 0 Å². The zero-order valence-corrected chi connectivity index (χ0v) is 12.3. The maximum absolute atomic E-state index is 12.1. The number of anilines is 1. The van der Waals surface area contributed by atoms with E-state index in [9.17, 15) is 13.2 Å². The zero-order chi connectivity index (χ0) is 14.1. The Labute approximate surface area is 114 Å². The summed E-state index contributed by atoms with van der Waals surface area (Å²) in [6.07, 6.45) is 0. The summed E-state index contributed by atoms with van der Waals surface area (Å²) >= 11 is 3.12. The average molecular weight is 336 g/mol. The van der Waals surface area contributed by atoms with E-state index in [1.165, 1.54) is 26.0 Å². The van der Waals surface area contributed by atoms with E-state index in [2.05, 4.69) is 20.7 Å². The van der Waals surface area contributed by atoms with Gasteiger partial charge in [0.2, 0.25) is 15.9 Å². The highest BCUT2D eigenvalue weighted by molar-refractivity contribution is 9.10. The number of amides is 1. The van der Waals surface area contributed by atoms with Crippen molar-refractivity contribution in [2.24, 2.45) is 5.73 Å². The van der Waals surface area contributed by atoms with Crippen LogP contribution in [0.1, 0.15) is 13.8 Å². The fraction of sp³-hybridized carbons (Fsp3) is 0.300. The quantitative estimate of drug-likeness (QED) is 0.697. The molecule has 8 heteroatoms. The lowest BCUT2D eigenvalue weighted by atomic mass is 10.1. The molecule has 0 radical (unpaired) electrons. The minimum Gasteiger partial charge on any atom is -0.399 e. The number of carbonyl (C=O) groups excluding carboxylic acids is 1. The van der Waals surface area contributed by atoms with Gasteiger partial charge < -0.3 is 11.5 Å². The molecule has 1 aromatic carbocycles. The number of nitrogens with one attached hydrogen (secondary N) is 1. The largest absolute Gasteiger partial charge is 0.399 e. The number of nitrogen functional groups attached to an aromatic ring is 1. The number of rotatable bonds is 4. The summed E-state index contributed by atoms with van der Waals surface area (Å²) in [7, 11) is -3.89. The molecule has 100 valence electrons. The third-order valence-corrected chi connectivity index (χ3v) is 4.90. The predicted octanol–water partition coefficient (Wildman–Crippen LogP) is 0.574. The Balaban J connectivity index is 3.23. The maximum atomic E-state index is 12.1. The lowest BCUT2D eigenvalue weighted by molar-refractivity contribution is -0.122. The Morgan fingerprint density at radius 3 is 2.44 bits per heavy atom. The van der Waals surface area contributed by atoms with E-state index in [0.29, 0.717) is 10.2 Å². The number of halogens is 1. The molecule has 1 aromatic rings. The molecule has 0 heterocycles. The summed E-state index contributed by atoms with van der Waals surface area (Å²) < 4.78 is 26.8. The van der Waals surface area contributed by atoms with E-state index in [4.69, 9.17) is 11.5 Å². The zero-order valence-electron chi connectivity index (χ0n) is 9.90. The van der Waals surface area contributed by atoms with Gasteiger partial charge in [-0.25, -0.2) is 8.42 Å². The first-order chi connectivity index (χ1) is 8.06. The molecule has 18 heavy (non-hydrogen) atoms. The Morgan fingerprint density at radius 1 is 1.39 bits per heavy atom. The summed E-state index contributed by atoms with van der Waals surface area (Å²) in [4.78, 5) is 11.1. The maximum Gasteiger partial charge on any atom is 0.242 e. The van der Waals surface area contributed by atoms with Crippen LogP contribution in [0.5, 0.6) is 0 Å². The number of hydrogen-bond donors (Lipinski definition) is 3. The second kappa shape index (κ2) is 4.87. The number of hydrogen-bond acceptors (Lipinski definition) is 4. The molecule has 1 amide bonds. The number of sulfonamides is 1. The van der Waals surface area contributed by atoms with Gasteiger partial charge in [-0.05, 0) is 48.0 Å². The minimum atomic E-state index is -3.89. The van der Waals surface area contributed by atoms with Crippen molar-refractivity contribution in [3.8, 4) is 0 Å². The number of carbonyl (C=O) groups is 1. The lowest BCUT2D eigenvalue weighted by Gasteiger charge is -2.22. The molecule has 1 rings (SSSR count). The Hall–Kier alpha value is -1.12. The molecule has 0 aliphatic rings. The molecule has 0 saturated carbocycles. The molecule has 0 unspecified atom stereocenters. The van der Waals surface area contributed by atoms with Gasteiger partial charge in [-0.1, -0.05) is 0 Å². The van der Waals surface area contributed by atoms with Crippen LogP contribution in [-0.4, -0.2) is 19.9 Å².